The summed E-state index contributed by atoms with van der Waals surface area (Å²) < 4.78 is 14.8. The molecule has 1 aliphatic rings. The number of carbonyl (C=O) groups excluding carboxylic acids is 1. The van der Waals surface area contributed by atoms with Crippen LogP contribution < -0.4 is 10.6 Å². The second kappa shape index (κ2) is 9.05. The number of likely N-dealkylation sites (N-methyl/N-ethyl adjacent to an activating group) is 1. The maximum absolute atomic E-state index is 13.0. The van der Waals surface area contributed by atoms with Gasteiger partial charge in [-0.2, -0.15) is 0 Å². The average molecular weight is 374 g/mol. The van der Waals surface area contributed by atoms with Gasteiger partial charge in [0.2, 0.25) is 0 Å². The standard InChI is InChI=1S/C19H27FN6O/c1-14-18(23-24-26(14)17-7-9-21-10-8-17)19(27)22-11-12-25(2)13-15-3-5-16(20)6-4-15/h3-6,17,21H,7-13H2,1-2H3,(H,22,27). The molecular formula is C19H27FN6O. The fourth-order valence-electron chi connectivity index (χ4n) is 3.37. The molecule has 0 atom stereocenters. The summed E-state index contributed by atoms with van der Waals surface area (Å²) in [7, 11) is 1.97. The molecule has 1 amide bonds. The minimum atomic E-state index is -0.235. The second-order valence-corrected chi connectivity index (χ2v) is 7.07. The number of benzene rings is 1. The van der Waals surface area contributed by atoms with Gasteiger partial charge < -0.3 is 15.5 Å². The maximum Gasteiger partial charge on any atom is 0.273 e. The Morgan fingerprint density at radius 2 is 2.04 bits per heavy atom. The van der Waals surface area contributed by atoms with Crippen LogP contribution in [-0.2, 0) is 6.54 Å². The molecule has 8 heteroatoms. The average Bonchev–Trinajstić information content (AvgIpc) is 3.06. The van der Waals surface area contributed by atoms with E-state index in [4.69, 9.17) is 0 Å². The number of hydrogen-bond acceptors (Lipinski definition) is 5. The number of halogens is 1. The predicted octanol–water partition coefficient (Wildman–Crippen LogP) is 1.51. The van der Waals surface area contributed by atoms with Crippen molar-refractivity contribution in [1.82, 2.24) is 30.5 Å². The van der Waals surface area contributed by atoms with Crippen molar-refractivity contribution < 1.29 is 9.18 Å². The first-order valence-electron chi connectivity index (χ1n) is 9.38. The van der Waals surface area contributed by atoms with Crippen molar-refractivity contribution in [3.63, 3.8) is 0 Å². The van der Waals surface area contributed by atoms with Crippen molar-refractivity contribution in [2.45, 2.75) is 32.4 Å². The highest BCUT2D eigenvalue weighted by Crippen LogP contribution is 2.20. The Balaban J connectivity index is 1.47. The molecule has 2 heterocycles. The molecule has 0 aliphatic carbocycles. The van der Waals surface area contributed by atoms with Crippen LogP contribution in [0.25, 0.3) is 0 Å². The number of piperidine rings is 1. The van der Waals surface area contributed by atoms with E-state index < -0.39 is 0 Å². The summed E-state index contributed by atoms with van der Waals surface area (Å²) in [5.74, 6) is -0.426. The molecule has 0 radical (unpaired) electrons. The van der Waals surface area contributed by atoms with Crippen LogP contribution in [0.1, 0.15) is 40.6 Å². The van der Waals surface area contributed by atoms with Crippen LogP contribution in [-0.4, -0.2) is 59.0 Å². The van der Waals surface area contributed by atoms with Gasteiger partial charge in [0, 0.05) is 19.6 Å². The van der Waals surface area contributed by atoms with Crippen LogP contribution in [0.5, 0.6) is 0 Å². The van der Waals surface area contributed by atoms with E-state index >= 15 is 0 Å². The van der Waals surface area contributed by atoms with Crippen molar-refractivity contribution in [3.8, 4) is 0 Å². The third-order valence-electron chi connectivity index (χ3n) is 4.94. The van der Waals surface area contributed by atoms with Gasteiger partial charge in [0.15, 0.2) is 5.69 Å². The second-order valence-electron chi connectivity index (χ2n) is 7.07. The van der Waals surface area contributed by atoms with Crippen LogP contribution in [0, 0.1) is 12.7 Å². The van der Waals surface area contributed by atoms with Crippen molar-refractivity contribution in [2.75, 3.05) is 33.2 Å². The molecule has 146 valence electrons. The van der Waals surface area contributed by atoms with Gasteiger partial charge in [-0.25, -0.2) is 9.07 Å². The lowest BCUT2D eigenvalue weighted by molar-refractivity contribution is 0.0944. The number of hydrogen-bond donors (Lipinski definition) is 2. The van der Waals surface area contributed by atoms with Gasteiger partial charge in [0.25, 0.3) is 5.91 Å². The molecule has 1 saturated heterocycles. The molecule has 3 rings (SSSR count). The van der Waals surface area contributed by atoms with Crippen LogP contribution in [0.4, 0.5) is 4.39 Å². The largest absolute Gasteiger partial charge is 0.349 e. The lowest BCUT2D eigenvalue weighted by Crippen LogP contribution is -2.33. The fourth-order valence-corrected chi connectivity index (χ4v) is 3.37. The van der Waals surface area contributed by atoms with Crippen molar-refractivity contribution in [3.05, 3.63) is 47.0 Å². The molecule has 2 aromatic rings. The molecule has 0 unspecified atom stereocenters. The molecular weight excluding hydrogens is 347 g/mol. The Hall–Kier alpha value is -2.32. The Kier molecular flexibility index (Phi) is 6.52. The molecule has 1 aromatic heterocycles. The van der Waals surface area contributed by atoms with Gasteiger partial charge in [-0.15, -0.1) is 5.10 Å². The highest BCUT2D eigenvalue weighted by molar-refractivity contribution is 5.93. The third kappa shape index (κ3) is 5.11. The van der Waals surface area contributed by atoms with E-state index in [-0.39, 0.29) is 11.7 Å². The molecule has 1 aromatic carbocycles. The summed E-state index contributed by atoms with van der Waals surface area (Å²) in [5, 5.41) is 14.5. The molecule has 27 heavy (non-hydrogen) atoms. The summed E-state index contributed by atoms with van der Waals surface area (Å²) in [6.45, 7) is 5.72. The van der Waals surface area contributed by atoms with Gasteiger partial charge in [0.05, 0.1) is 11.7 Å². The van der Waals surface area contributed by atoms with Gasteiger partial charge in [-0.3, -0.25) is 4.79 Å². The van der Waals surface area contributed by atoms with E-state index in [1.807, 2.05) is 18.7 Å². The summed E-state index contributed by atoms with van der Waals surface area (Å²) in [5.41, 5.74) is 2.25. The number of amides is 1. The van der Waals surface area contributed by atoms with E-state index in [0.717, 1.165) is 37.2 Å². The zero-order chi connectivity index (χ0) is 19.2. The Bertz CT molecular complexity index is 754. The van der Waals surface area contributed by atoms with Crippen molar-refractivity contribution >= 4 is 5.91 Å². The first-order valence-corrected chi connectivity index (χ1v) is 9.38. The van der Waals surface area contributed by atoms with E-state index in [1.54, 1.807) is 12.1 Å². The minimum Gasteiger partial charge on any atom is -0.349 e. The lowest BCUT2D eigenvalue weighted by atomic mass is 10.1. The summed E-state index contributed by atoms with van der Waals surface area (Å²) in [6, 6.07) is 6.76. The Morgan fingerprint density at radius 1 is 1.33 bits per heavy atom. The lowest BCUT2D eigenvalue weighted by Gasteiger charge is -2.23. The molecule has 1 fully saturated rings. The quantitative estimate of drug-likeness (QED) is 0.769. The van der Waals surface area contributed by atoms with Gasteiger partial charge in [-0.05, 0) is 57.6 Å². The number of rotatable bonds is 7. The Labute approximate surface area is 158 Å². The monoisotopic (exact) mass is 374 g/mol. The van der Waals surface area contributed by atoms with E-state index in [9.17, 15) is 9.18 Å². The summed E-state index contributed by atoms with van der Waals surface area (Å²) in [4.78, 5) is 14.5. The summed E-state index contributed by atoms with van der Waals surface area (Å²) >= 11 is 0. The number of aromatic nitrogens is 3. The molecule has 0 saturated carbocycles. The molecule has 0 spiro atoms. The normalized spacial score (nSPS) is 15.3. The smallest absolute Gasteiger partial charge is 0.273 e. The Morgan fingerprint density at radius 3 is 2.74 bits per heavy atom. The maximum atomic E-state index is 13.0. The van der Waals surface area contributed by atoms with Gasteiger partial charge in [-0.1, -0.05) is 17.3 Å². The number of nitrogens with zero attached hydrogens (tertiary/aromatic N) is 4. The van der Waals surface area contributed by atoms with E-state index in [0.29, 0.717) is 31.4 Å². The van der Waals surface area contributed by atoms with Gasteiger partial charge in [0.1, 0.15) is 5.82 Å². The van der Waals surface area contributed by atoms with Crippen molar-refractivity contribution in [1.29, 1.82) is 0 Å². The zero-order valence-electron chi connectivity index (χ0n) is 15.9. The van der Waals surface area contributed by atoms with Crippen LogP contribution >= 0.6 is 0 Å². The van der Waals surface area contributed by atoms with Crippen LogP contribution in [0.2, 0.25) is 0 Å². The molecule has 2 N–H and O–H groups in total. The van der Waals surface area contributed by atoms with Gasteiger partial charge >= 0.3 is 0 Å². The third-order valence-corrected chi connectivity index (χ3v) is 4.94. The van der Waals surface area contributed by atoms with Crippen LogP contribution in [0.3, 0.4) is 0 Å². The van der Waals surface area contributed by atoms with E-state index in [1.165, 1.54) is 12.1 Å². The number of carbonyl (C=O) groups is 1. The van der Waals surface area contributed by atoms with E-state index in [2.05, 4.69) is 25.8 Å². The minimum absolute atomic E-state index is 0.192. The summed E-state index contributed by atoms with van der Waals surface area (Å²) in [6.07, 6.45) is 2.00. The zero-order valence-corrected chi connectivity index (χ0v) is 15.9. The first kappa shape index (κ1) is 19.4. The topological polar surface area (TPSA) is 75.1 Å². The highest BCUT2D eigenvalue weighted by Gasteiger charge is 2.22. The predicted molar refractivity (Wildman–Crippen MR) is 101 cm³/mol. The molecule has 7 nitrogen and oxygen atoms in total. The molecule has 1 aliphatic heterocycles. The SMILES string of the molecule is Cc1c(C(=O)NCCN(C)Cc2ccc(F)cc2)nnn1C1CCNCC1. The highest BCUT2D eigenvalue weighted by atomic mass is 19.1. The molecule has 0 bridgehead atoms. The van der Waals surface area contributed by atoms with Crippen LogP contribution in [0.15, 0.2) is 24.3 Å². The van der Waals surface area contributed by atoms with Crippen molar-refractivity contribution in [2.24, 2.45) is 0 Å². The fraction of sp³-hybridized carbons (Fsp3) is 0.526. The first-order chi connectivity index (χ1) is 13.0. The number of nitrogens with one attached hydrogen (secondary N) is 2.